The number of hydrogen-bond acceptors (Lipinski definition) is 4. The lowest BCUT2D eigenvalue weighted by molar-refractivity contribution is -0.144. The minimum atomic E-state index is -1.32. The first kappa shape index (κ1) is 17.2. The van der Waals surface area contributed by atoms with Crippen molar-refractivity contribution in [3.05, 3.63) is 0 Å². The van der Waals surface area contributed by atoms with Crippen molar-refractivity contribution in [2.45, 2.75) is 32.2 Å². The summed E-state index contributed by atoms with van der Waals surface area (Å²) in [7, 11) is 0. The van der Waals surface area contributed by atoms with Crippen LogP contribution in [-0.4, -0.2) is 66.2 Å². The first-order valence-corrected chi connectivity index (χ1v) is 7.17. The van der Waals surface area contributed by atoms with E-state index in [-0.39, 0.29) is 12.5 Å². The number of carboxylic acid groups (broad SMARTS) is 1. The number of piperazine rings is 1. The lowest BCUT2D eigenvalue weighted by atomic mass is 9.97. The minimum Gasteiger partial charge on any atom is -0.480 e. The third-order valence-electron chi connectivity index (χ3n) is 3.48. The van der Waals surface area contributed by atoms with Gasteiger partial charge in [-0.2, -0.15) is 0 Å². The summed E-state index contributed by atoms with van der Waals surface area (Å²) in [5, 5.41) is 17.1. The largest absolute Gasteiger partial charge is 0.480 e. The first-order valence-electron chi connectivity index (χ1n) is 7.17. The van der Waals surface area contributed by atoms with Gasteiger partial charge in [-0.05, 0) is 13.3 Å². The fourth-order valence-corrected chi connectivity index (χ4v) is 2.20. The van der Waals surface area contributed by atoms with E-state index in [1.807, 2.05) is 6.92 Å². The third-order valence-corrected chi connectivity index (χ3v) is 3.48. The molecule has 0 radical (unpaired) electrons. The molecule has 0 aromatic carbocycles. The van der Waals surface area contributed by atoms with Gasteiger partial charge in [-0.1, -0.05) is 13.3 Å². The molecule has 1 saturated heterocycles. The van der Waals surface area contributed by atoms with Gasteiger partial charge in [0.05, 0.1) is 6.54 Å². The molecule has 4 N–H and O–H groups in total. The Morgan fingerprint density at radius 3 is 2.43 bits per heavy atom. The van der Waals surface area contributed by atoms with Crippen molar-refractivity contribution in [1.29, 1.82) is 0 Å². The highest BCUT2D eigenvalue weighted by Crippen LogP contribution is 2.12. The summed E-state index contributed by atoms with van der Waals surface area (Å²) in [5.41, 5.74) is -1.32. The van der Waals surface area contributed by atoms with Gasteiger partial charge in [0.2, 0.25) is 5.91 Å². The zero-order valence-electron chi connectivity index (χ0n) is 12.6. The highest BCUT2D eigenvalue weighted by Gasteiger charge is 2.33. The highest BCUT2D eigenvalue weighted by atomic mass is 16.4. The number of carbonyl (C=O) groups excluding carboxylic acids is 2. The Balaban J connectivity index is 2.42. The van der Waals surface area contributed by atoms with E-state index >= 15 is 0 Å². The Labute approximate surface area is 124 Å². The van der Waals surface area contributed by atoms with Crippen molar-refractivity contribution in [3.63, 3.8) is 0 Å². The summed E-state index contributed by atoms with van der Waals surface area (Å²) < 4.78 is 0. The molecule has 1 aliphatic heterocycles. The fourth-order valence-electron chi connectivity index (χ4n) is 2.20. The summed E-state index contributed by atoms with van der Waals surface area (Å²) in [4.78, 5) is 36.5. The Bertz CT molecular complexity index is 396. The molecule has 8 nitrogen and oxygen atoms in total. The van der Waals surface area contributed by atoms with Crippen molar-refractivity contribution in [1.82, 2.24) is 20.9 Å². The number of carboxylic acids is 1. The molecule has 120 valence electrons. The minimum absolute atomic E-state index is 0.131. The molecule has 8 heteroatoms. The molecule has 1 unspecified atom stereocenters. The van der Waals surface area contributed by atoms with Crippen LogP contribution in [0.3, 0.4) is 0 Å². The van der Waals surface area contributed by atoms with Crippen LogP contribution in [-0.2, 0) is 9.59 Å². The molecular weight excluding hydrogens is 276 g/mol. The number of carbonyl (C=O) groups is 3. The quantitative estimate of drug-likeness (QED) is 0.521. The van der Waals surface area contributed by atoms with Gasteiger partial charge in [0, 0.05) is 26.2 Å². The zero-order chi connectivity index (χ0) is 15.9. The van der Waals surface area contributed by atoms with Crippen LogP contribution in [0.2, 0.25) is 0 Å². The predicted octanol–water partition coefficient (Wildman–Crippen LogP) is -0.639. The first-order chi connectivity index (χ1) is 9.89. The predicted molar refractivity (Wildman–Crippen MR) is 76.9 cm³/mol. The van der Waals surface area contributed by atoms with Crippen LogP contribution in [0.1, 0.15) is 26.7 Å². The van der Waals surface area contributed by atoms with Gasteiger partial charge in [0.1, 0.15) is 5.54 Å². The summed E-state index contributed by atoms with van der Waals surface area (Å²) in [6, 6.07) is -0.642. The smallest absolute Gasteiger partial charge is 0.329 e. The van der Waals surface area contributed by atoms with Crippen LogP contribution in [0.4, 0.5) is 4.79 Å². The molecule has 1 fully saturated rings. The number of urea groups is 1. The second-order valence-electron chi connectivity index (χ2n) is 5.33. The number of amides is 3. The van der Waals surface area contributed by atoms with Crippen molar-refractivity contribution in [2.24, 2.45) is 0 Å². The second-order valence-corrected chi connectivity index (χ2v) is 5.33. The Morgan fingerprint density at radius 2 is 1.90 bits per heavy atom. The van der Waals surface area contributed by atoms with Crippen LogP contribution < -0.4 is 16.0 Å². The second kappa shape index (κ2) is 7.82. The maximum absolute atomic E-state index is 11.9. The van der Waals surface area contributed by atoms with Gasteiger partial charge in [0.15, 0.2) is 0 Å². The standard InChI is InChI=1S/C13H24N4O4/c1-3-4-13(2,11(19)20)16-12(21)15-9-10(18)17-7-5-14-6-8-17/h14H,3-9H2,1-2H3,(H,19,20)(H2,15,16,21). The maximum Gasteiger partial charge on any atom is 0.329 e. The number of hydrogen-bond donors (Lipinski definition) is 4. The highest BCUT2D eigenvalue weighted by molar-refractivity contribution is 5.88. The summed E-state index contributed by atoms with van der Waals surface area (Å²) >= 11 is 0. The molecule has 21 heavy (non-hydrogen) atoms. The molecule has 1 aliphatic rings. The molecule has 0 bridgehead atoms. The van der Waals surface area contributed by atoms with Crippen LogP contribution in [0.15, 0.2) is 0 Å². The molecule has 0 aromatic rings. The molecule has 3 amide bonds. The third kappa shape index (κ3) is 5.22. The van der Waals surface area contributed by atoms with E-state index in [2.05, 4.69) is 16.0 Å². The lowest BCUT2D eigenvalue weighted by Crippen LogP contribution is -2.56. The molecule has 1 atom stereocenters. The number of aliphatic carboxylic acids is 1. The summed E-state index contributed by atoms with van der Waals surface area (Å²) in [5.74, 6) is -1.26. The maximum atomic E-state index is 11.9. The Morgan fingerprint density at radius 1 is 1.29 bits per heavy atom. The summed E-state index contributed by atoms with van der Waals surface area (Å²) in [6.07, 6.45) is 0.949. The normalized spacial score (nSPS) is 17.7. The average Bonchev–Trinajstić information content (AvgIpc) is 2.45. The zero-order valence-corrected chi connectivity index (χ0v) is 12.6. The Kier molecular flexibility index (Phi) is 6.41. The van der Waals surface area contributed by atoms with Crippen LogP contribution in [0.5, 0.6) is 0 Å². The van der Waals surface area contributed by atoms with E-state index in [1.54, 1.807) is 4.90 Å². The molecular formula is C13H24N4O4. The van der Waals surface area contributed by atoms with E-state index in [0.717, 1.165) is 13.1 Å². The lowest BCUT2D eigenvalue weighted by Gasteiger charge is -2.28. The number of nitrogens with one attached hydrogen (secondary N) is 3. The number of nitrogens with zero attached hydrogens (tertiary/aromatic N) is 1. The van der Waals surface area contributed by atoms with Crippen molar-refractivity contribution in [2.75, 3.05) is 32.7 Å². The molecule has 0 aromatic heterocycles. The van der Waals surface area contributed by atoms with Gasteiger partial charge in [-0.15, -0.1) is 0 Å². The van der Waals surface area contributed by atoms with E-state index in [0.29, 0.717) is 25.9 Å². The molecule has 1 rings (SSSR count). The monoisotopic (exact) mass is 300 g/mol. The van der Waals surface area contributed by atoms with E-state index < -0.39 is 17.5 Å². The van der Waals surface area contributed by atoms with Gasteiger partial charge < -0.3 is 26.0 Å². The number of rotatable bonds is 6. The summed E-state index contributed by atoms with van der Waals surface area (Å²) in [6.45, 7) is 5.88. The van der Waals surface area contributed by atoms with E-state index in [4.69, 9.17) is 5.11 Å². The van der Waals surface area contributed by atoms with Crippen molar-refractivity contribution >= 4 is 17.9 Å². The molecule has 0 aliphatic carbocycles. The van der Waals surface area contributed by atoms with Crippen LogP contribution in [0, 0.1) is 0 Å². The molecule has 0 saturated carbocycles. The van der Waals surface area contributed by atoms with Gasteiger partial charge in [-0.25, -0.2) is 9.59 Å². The van der Waals surface area contributed by atoms with E-state index in [1.165, 1.54) is 6.92 Å². The van der Waals surface area contributed by atoms with E-state index in [9.17, 15) is 14.4 Å². The van der Waals surface area contributed by atoms with Crippen LogP contribution >= 0.6 is 0 Å². The van der Waals surface area contributed by atoms with Crippen molar-refractivity contribution in [3.8, 4) is 0 Å². The van der Waals surface area contributed by atoms with Gasteiger partial charge in [0.25, 0.3) is 0 Å². The van der Waals surface area contributed by atoms with Crippen LogP contribution in [0.25, 0.3) is 0 Å². The van der Waals surface area contributed by atoms with Crippen molar-refractivity contribution < 1.29 is 19.5 Å². The topological polar surface area (TPSA) is 111 Å². The van der Waals surface area contributed by atoms with Gasteiger partial charge in [-0.3, -0.25) is 4.79 Å². The molecule has 1 heterocycles. The molecule has 0 spiro atoms. The Hall–Kier alpha value is -1.83. The fraction of sp³-hybridized carbons (Fsp3) is 0.769. The average molecular weight is 300 g/mol. The SMILES string of the molecule is CCCC(C)(NC(=O)NCC(=O)N1CCNCC1)C(=O)O. The van der Waals surface area contributed by atoms with Gasteiger partial charge >= 0.3 is 12.0 Å².